The molecular formula is C19H19N3OS2. The predicted molar refractivity (Wildman–Crippen MR) is 104 cm³/mol. The van der Waals surface area contributed by atoms with Gasteiger partial charge in [-0.3, -0.25) is 4.79 Å². The lowest BCUT2D eigenvalue weighted by Gasteiger charge is -2.11. The van der Waals surface area contributed by atoms with Crippen molar-refractivity contribution >= 4 is 35.1 Å². The minimum Gasteiger partial charge on any atom is -0.326 e. The van der Waals surface area contributed by atoms with Gasteiger partial charge in [-0.1, -0.05) is 53.9 Å². The Kier molecular flexibility index (Phi) is 6.19. The molecule has 128 valence electrons. The molecule has 0 aliphatic rings. The number of carbonyl (C=O) groups excluding carboxylic acids is 1. The van der Waals surface area contributed by atoms with Gasteiger partial charge >= 0.3 is 0 Å². The molecule has 0 fully saturated rings. The smallest absolute Gasteiger partial charge is 0.234 e. The molecule has 3 rings (SSSR count). The molecule has 0 aliphatic carbocycles. The highest BCUT2D eigenvalue weighted by Gasteiger charge is 2.10. The van der Waals surface area contributed by atoms with E-state index in [9.17, 15) is 4.79 Å². The van der Waals surface area contributed by atoms with E-state index in [0.717, 1.165) is 27.2 Å². The monoisotopic (exact) mass is 369 g/mol. The number of hydrogen-bond donors (Lipinski definition) is 1. The van der Waals surface area contributed by atoms with E-state index < -0.39 is 0 Å². The van der Waals surface area contributed by atoms with Crippen molar-refractivity contribution in [3.63, 3.8) is 0 Å². The second-order valence-electron chi connectivity index (χ2n) is 5.24. The average molecular weight is 370 g/mol. The number of carbonyl (C=O) groups is 1. The Morgan fingerprint density at radius 3 is 2.68 bits per heavy atom. The summed E-state index contributed by atoms with van der Waals surface area (Å²) < 4.78 is 2.02. The molecule has 1 aromatic heterocycles. The summed E-state index contributed by atoms with van der Waals surface area (Å²) in [6.07, 6.45) is 3.68. The van der Waals surface area contributed by atoms with Gasteiger partial charge in [0.15, 0.2) is 5.16 Å². The molecule has 0 bridgehead atoms. The Morgan fingerprint density at radius 1 is 1.12 bits per heavy atom. The molecule has 4 nitrogen and oxygen atoms in total. The Bertz CT molecular complexity index is 833. The number of hydrogen-bond acceptors (Lipinski definition) is 4. The molecule has 25 heavy (non-hydrogen) atoms. The Hall–Kier alpha value is -2.18. The first-order valence-electron chi connectivity index (χ1n) is 8.02. The summed E-state index contributed by atoms with van der Waals surface area (Å²) in [7, 11) is 0. The lowest BCUT2D eigenvalue weighted by atomic mass is 10.3. The normalized spacial score (nSPS) is 10.6. The van der Waals surface area contributed by atoms with Crippen LogP contribution in [0.1, 0.15) is 6.92 Å². The van der Waals surface area contributed by atoms with E-state index in [2.05, 4.69) is 29.4 Å². The van der Waals surface area contributed by atoms with E-state index in [0.29, 0.717) is 5.75 Å². The van der Waals surface area contributed by atoms with Gasteiger partial charge in [0.1, 0.15) is 0 Å². The number of aromatic nitrogens is 2. The van der Waals surface area contributed by atoms with Crippen molar-refractivity contribution < 1.29 is 4.79 Å². The number of aryl methyl sites for hydroxylation is 1. The zero-order chi connectivity index (χ0) is 17.5. The van der Waals surface area contributed by atoms with Gasteiger partial charge in [0.2, 0.25) is 5.91 Å². The molecule has 0 unspecified atom stereocenters. The van der Waals surface area contributed by atoms with Crippen LogP contribution in [-0.4, -0.2) is 21.2 Å². The summed E-state index contributed by atoms with van der Waals surface area (Å²) in [5.41, 5.74) is 0.834. The number of para-hydroxylation sites is 1. The van der Waals surface area contributed by atoms with E-state index in [1.165, 1.54) is 11.8 Å². The van der Waals surface area contributed by atoms with Crippen LogP contribution in [0.4, 0.5) is 5.69 Å². The molecule has 0 radical (unpaired) electrons. The number of nitrogens with one attached hydrogen (secondary N) is 1. The van der Waals surface area contributed by atoms with Crippen LogP contribution >= 0.6 is 23.5 Å². The predicted octanol–water partition coefficient (Wildman–Crippen LogP) is 4.79. The summed E-state index contributed by atoms with van der Waals surface area (Å²) >= 11 is 3.09. The Balaban J connectivity index is 1.63. The minimum atomic E-state index is -0.0308. The molecule has 0 saturated heterocycles. The van der Waals surface area contributed by atoms with E-state index in [1.54, 1.807) is 18.0 Å². The third kappa shape index (κ3) is 4.90. The van der Waals surface area contributed by atoms with Crippen LogP contribution in [0.5, 0.6) is 0 Å². The molecule has 3 aromatic rings. The van der Waals surface area contributed by atoms with E-state index in [-0.39, 0.29) is 5.91 Å². The van der Waals surface area contributed by atoms with Gasteiger partial charge < -0.3 is 9.88 Å². The summed E-state index contributed by atoms with van der Waals surface area (Å²) in [4.78, 5) is 18.8. The summed E-state index contributed by atoms with van der Waals surface area (Å²) in [5.74, 6) is 0.304. The largest absolute Gasteiger partial charge is 0.326 e. The summed E-state index contributed by atoms with van der Waals surface area (Å²) in [6, 6.07) is 18.0. The fourth-order valence-corrected chi connectivity index (χ4v) is 4.01. The maximum atomic E-state index is 12.3. The van der Waals surface area contributed by atoms with Crippen molar-refractivity contribution in [1.82, 2.24) is 9.55 Å². The van der Waals surface area contributed by atoms with Gasteiger partial charge in [0, 0.05) is 28.7 Å². The van der Waals surface area contributed by atoms with Gasteiger partial charge in [-0.25, -0.2) is 4.98 Å². The van der Waals surface area contributed by atoms with E-state index in [4.69, 9.17) is 0 Å². The van der Waals surface area contributed by atoms with E-state index >= 15 is 0 Å². The molecule has 1 amide bonds. The Labute approximate surface area is 156 Å². The lowest BCUT2D eigenvalue weighted by Crippen LogP contribution is -2.15. The van der Waals surface area contributed by atoms with Crippen molar-refractivity contribution in [3.8, 4) is 0 Å². The number of amides is 1. The average Bonchev–Trinajstić information content (AvgIpc) is 3.10. The molecule has 1 heterocycles. The van der Waals surface area contributed by atoms with Gasteiger partial charge in [-0.15, -0.1) is 0 Å². The number of rotatable bonds is 7. The standard InChI is InChI=1S/C19H19N3OS2/c1-2-22-13-12-20-19(22)24-14-18(23)21-16-10-6-7-11-17(16)25-15-8-4-3-5-9-15/h3-13H,2,14H2,1H3,(H,21,23). The highest BCUT2D eigenvalue weighted by Crippen LogP contribution is 2.33. The van der Waals surface area contributed by atoms with E-state index in [1.807, 2.05) is 53.2 Å². The fraction of sp³-hybridized carbons (Fsp3) is 0.158. The van der Waals surface area contributed by atoms with Crippen molar-refractivity contribution in [1.29, 1.82) is 0 Å². The zero-order valence-corrected chi connectivity index (χ0v) is 15.5. The fourth-order valence-electron chi connectivity index (χ4n) is 2.27. The molecule has 0 saturated carbocycles. The summed E-state index contributed by atoms with van der Waals surface area (Å²) in [5, 5.41) is 3.88. The highest BCUT2D eigenvalue weighted by molar-refractivity contribution is 8.00. The van der Waals surface area contributed by atoms with Crippen LogP contribution in [-0.2, 0) is 11.3 Å². The van der Waals surface area contributed by atoms with Gasteiger partial charge in [-0.05, 0) is 31.2 Å². The van der Waals surface area contributed by atoms with Gasteiger partial charge in [0.05, 0.1) is 11.4 Å². The number of anilines is 1. The zero-order valence-electron chi connectivity index (χ0n) is 13.9. The molecule has 6 heteroatoms. The maximum absolute atomic E-state index is 12.3. The van der Waals surface area contributed by atoms with Crippen LogP contribution < -0.4 is 5.32 Å². The van der Waals surface area contributed by atoms with Gasteiger partial charge in [0.25, 0.3) is 0 Å². The maximum Gasteiger partial charge on any atom is 0.234 e. The molecule has 0 atom stereocenters. The first kappa shape index (κ1) is 17.6. The van der Waals surface area contributed by atoms with Crippen molar-refractivity contribution in [2.24, 2.45) is 0 Å². The van der Waals surface area contributed by atoms with Crippen LogP contribution in [0.3, 0.4) is 0 Å². The second-order valence-corrected chi connectivity index (χ2v) is 7.30. The molecule has 0 aliphatic heterocycles. The highest BCUT2D eigenvalue weighted by atomic mass is 32.2. The van der Waals surface area contributed by atoms with Crippen molar-refractivity contribution in [2.75, 3.05) is 11.1 Å². The minimum absolute atomic E-state index is 0.0308. The molecular weight excluding hydrogens is 350 g/mol. The molecule has 2 aromatic carbocycles. The summed E-state index contributed by atoms with van der Waals surface area (Å²) in [6.45, 7) is 2.91. The molecule has 1 N–H and O–H groups in total. The third-order valence-corrected chi connectivity index (χ3v) is 5.57. The quantitative estimate of drug-likeness (QED) is 0.609. The van der Waals surface area contributed by atoms with Gasteiger partial charge in [-0.2, -0.15) is 0 Å². The number of imidazole rings is 1. The third-order valence-electron chi connectivity index (χ3n) is 3.48. The topological polar surface area (TPSA) is 46.9 Å². The van der Waals surface area contributed by atoms with Crippen molar-refractivity contribution in [2.45, 2.75) is 28.4 Å². The number of nitrogens with zero attached hydrogens (tertiary/aromatic N) is 2. The Morgan fingerprint density at radius 2 is 1.88 bits per heavy atom. The van der Waals surface area contributed by atoms with Crippen LogP contribution in [0.15, 0.2) is 81.9 Å². The van der Waals surface area contributed by atoms with Crippen LogP contribution in [0.2, 0.25) is 0 Å². The lowest BCUT2D eigenvalue weighted by molar-refractivity contribution is -0.113. The first-order valence-corrected chi connectivity index (χ1v) is 9.82. The number of benzene rings is 2. The SMILES string of the molecule is CCn1ccnc1SCC(=O)Nc1ccccc1Sc1ccccc1. The molecule has 0 spiro atoms. The second kappa shape index (κ2) is 8.78. The van der Waals surface area contributed by atoms with Crippen molar-refractivity contribution in [3.05, 3.63) is 67.0 Å². The van der Waals surface area contributed by atoms with Crippen LogP contribution in [0, 0.1) is 0 Å². The number of thioether (sulfide) groups is 1. The first-order chi connectivity index (χ1) is 12.3. The van der Waals surface area contributed by atoms with Crippen LogP contribution in [0.25, 0.3) is 0 Å².